The Labute approximate surface area is 226 Å². The lowest BCUT2D eigenvalue weighted by Gasteiger charge is -2.18. The zero-order chi connectivity index (χ0) is 25.8. The van der Waals surface area contributed by atoms with E-state index in [0.717, 1.165) is 31.2 Å². The Hall–Kier alpha value is -3.05. The van der Waals surface area contributed by atoms with Crippen LogP contribution in [0.1, 0.15) is 25.0 Å². The van der Waals surface area contributed by atoms with Crippen LogP contribution in [-0.4, -0.2) is 41.8 Å². The number of nitrogens with zero attached hydrogens (tertiary/aromatic N) is 1. The number of hydrogen-bond donors (Lipinski definition) is 0. The van der Waals surface area contributed by atoms with E-state index in [2.05, 4.69) is 51.6 Å². The number of imide groups is 1. The zero-order valence-corrected chi connectivity index (χ0v) is 22.9. The number of methoxy groups -OCH3 is 1. The summed E-state index contributed by atoms with van der Waals surface area (Å²) in [7, 11) is 1.22. The molecule has 0 unspecified atom stereocenters. The molecule has 0 radical (unpaired) electrons. The minimum atomic E-state index is -1.00. The van der Waals surface area contributed by atoms with Crippen LogP contribution in [0.2, 0.25) is 0 Å². The molecule has 0 spiro atoms. The Balaban J connectivity index is 1.58. The van der Waals surface area contributed by atoms with E-state index in [4.69, 9.17) is 9.47 Å². The van der Waals surface area contributed by atoms with Gasteiger partial charge in [0.1, 0.15) is 12.6 Å². The molecule has 9 heteroatoms. The third-order valence-electron chi connectivity index (χ3n) is 5.58. The highest BCUT2D eigenvalue weighted by Crippen LogP contribution is 2.38. The van der Waals surface area contributed by atoms with Crippen LogP contribution in [0.5, 0.6) is 11.5 Å². The summed E-state index contributed by atoms with van der Waals surface area (Å²) >= 11 is 2.95. The largest absolute Gasteiger partial charge is 0.490 e. The molecule has 36 heavy (non-hydrogen) atoms. The molecule has 1 saturated heterocycles. The van der Waals surface area contributed by atoms with Crippen LogP contribution >= 0.6 is 34.4 Å². The van der Waals surface area contributed by atoms with Crippen LogP contribution < -0.4 is 9.47 Å². The first-order chi connectivity index (χ1) is 17.3. The minimum Gasteiger partial charge on any atom is -0.490 e. The van der Waals surface area contributed by atoms with Crippen LogP contribution in [0.25, 0.3) is 16.8 Å². The second kappa shape index (κ2) is 11.3. The molecule has 1 aliphatic rings. The second-order valence-electron chi connectivity index (χ2n) is 7.98. The summed E-state index contributed by atoms with van der Waals surface area (Å²) in [6.45, 7) is 4.14. The molecule has 0 N–H and O–H groups in total. The fraction of sp³-hybridized carbons (Fsp3) is 0.222. The van der Waals surface area contributed by atoms with E-state index in [9.17, 15) is 14.4 Å². The van der Waals surface area contributed by atoms with Crippen LogP contribution in [0, 0.1) is 3.57 Å². The van der Waals surface area contributed by atoms with Gasteiger partial charge in [0, 0.05) is 0 Å². The molecular weight excluding hydrogens is 593 g/mol. The zero-order valence-electron chi connectivity index (χ0n) is 19.9. The van der Waals surface area contributed by atoms with E-state index in [1.807, 2.05) is 31.2 Å². The number of ether oxygens (including phenoxy) is 3. The maximum absolute atomic E-state index is 12.8. The SMILES string of the molecule is CCOc1cc(/C=C2/SC(=O)N([C@H](C)C(=O)OC)C2=O)cc(I)c1OCc1ccc2ccccc2c1. The predicted octanol–water partition coefficient (Wildman–Crippen LogP) is 6.02. The van der Waals surface area contributed by atoms with E-state index < -0.39 is 23.2 Å². The monoisotopic (exact) mass is 617 g/mol. The van der Waals surface area contributed by atoms with Crippen LogP contribution in [0.15, 0.2) is 59.5 Å². The third kappa shape index (κ3) is 5.52. The number of benzene rings is 3. The van der Waals surface area contributed by atoms with Gasteiger partial charge in [0.15, 0.2) is 11.5 Å². The predicted molar refractivity (Wildman–Crippen MR) is 148 cm³/mol. The van der Waals surface area contributed by atoms with Crippen molar-refractivity contribution in [3.05, 3.63) is 74.2 Å². The maximum atomic E-state index is 12.8. The number of amides is 2. The van der Waals surface area contributed by atoms with Crippen LogP contribution in [-0.2, 0) is 20.9 Å². The number of hydrogen-bond acceptors (Lipinski definition) is 7. The van der Waals surface area contributed by atoms with Gasteiger partial charge in [0.25, 0.3) is 11.1 Å². The lowest BCUT2D eigenvalue weighted by Crippen LogP contribution is -2.42. The summed E-state index contributed by atoms with van der Waals surface area (Å²) in [5.41, 5.74) is 1.71. The van der Waals surface area contributed by atoms with Gasteiger partial charge in [-0.05, 0) is 94.4 Å². The highest BCUT2D eigenvalue weighted by Gasteiger charge is 2.41. The number of rotatable bonds is 8. The smallest absolute Gasteiger partial charge is 0.328 e. The molecule has 0 bridgehead atoms. The van der Waals surface area contributed by atoms with Crippen molar-refractivity contribution in [1.82, 2.24) is 4.90 Å². The standard InChI is InChI=1S/C27H24INO6S/c1-4-34-22-13-18(14-23-25(30)29(27(32)36-23)16(2)26(31)33-3)12-21(28)24(22)35-15-17-9-10-19-7-5-6-8-20(19)11-17/h5-14,16H,4,15H2,1-3H3/b23-14+/t16-/m1/s1. The van der Waals surface area contributed by atoms with Gasteiger partial charge in [-0.2, -0.15) is 0 Å². The highest BCUT2D eigenvalue weighted by molar-refractivity contribution is 14.1. The molecule has 3 aromatic carbocycles. The average molecular weight is 617 g/mol. The van der Waals surface area contributed by atoms with E-state index in [1.165, 1.54) is 19.4 Å². The van der Waals surface area contributed by atoms with Crippen molar-refractivity contribution in [2.75, 3.05) is 13.7 Å². The molecule has 2 amide bonds. The summed E-state index contributed by atoms with van der Waals surface area (Å²) in [6, 6.07) is 17.0. The molecule has 3 aromatic rings. The third-order valence-corrected chi connectivity index (χ3v) is 7.26. The topological polar surface area (TPSA) is 82.1 Å². The first-order valence-electron chi connectivity index (χ1n) is 11.2. The molecule has 1 fully saturated rings. The van der Waals surface area contributed by atoms with Crippen LogP contribution in [0.4, 0.5) is 4.79 Å². The quantitative estimate of drug-likeness (QED) is 0.174. The van der Waals surface area contributed by atoms with E-state index in [1.54, 1.807) is 12.1 Å². The van der Waals surface area contributed by atoms with Crippen molar-refractivity contribution in [1.29, 1.82) is 0 Å². The van der Waals surface area contributed by atoms with E-state index in [-0.39, 0.29) is 4.91 Å². The number of carbonyl (C=O) groups is 3. The van der Waals surface area contributed by atoms with Crippen LogP contribution in [0.3, 0.4) is 0 Å². The Morgan fingerprint density at radius 2 is 1.83 bits per heavy atom. The fourth-order valence-corrected chi connectivity index (χ4v) is 5.49. The number of halogens is 1. The number of thioether (sulfide) groups is 1. The lowest BCUT2D eigenvalue weighted by atomic mass is 10.1. The number of fused-ring (bicyclic) bond motifs is 1. The van der Waals surface area contributed by atoms with Crippen molar-refractivity contribution >= 4 is 68.3 Å². The molecular formula is C27H24INO6S. The summed E-state index contributed by atoms with van der Waals surface area (Å²) in [5, 5.41) is 1.80. The Morgan fingerprint density at radius 3 is 2.56 bits per heavy atom. The summed E-state index contributed by atoms with van der Waals surface area (Å²) in [5.74, 6) is -0.0408. The van der Waals surface area contributed by atoms with E-state index >= 15 is 0 Å². The highest BCUT2D eigenvalue weighted by atomic mass is 127. The molecule has 186 valence electrons. The van der Waals surface area contributed by atoms with Gasteiger partial charge in [-0.3, -0.25) is 14.5 Å². The molecule has 4 rings (SSSR count). The fourth-order valence-electron chi connectivity index (χ4n) is 3.80. The van der Waals surface area contributed by atoms with E-state index in [0.29, 0.717) is 30.3 Å². The van der Waals surface area contributed by atoms with Gasteiger partial charge in [0.2, 0.25) is 0 Å². The first kappa shape index (κ1) is 26.0. The van der Waals surface area contributed by atoms with Crippen molar-refractivity contribution in [2.45, 2.75) is 26.5 Å². The molecule has 0 aliphatic carbocycles. The van der Waals surface area contributed by atoms with Crippen molar-refractivity contribution in [3.8, 4) is 11.5 Å². The maximum Gasteiger partial charge on any atom is 0.328 e. The Kier molecular flexibility index (Phi) is 8.20. The van der Waals surface area contributed by atoms with Crippen molar-refractivity contribution < 1.29 is 28.6 Å². The molecule has 1 aliphatic heterocycles. The molecule has 7 nitrogen and oxygen atoms in total. The normalized spacial score (nSPS) is 15.4. The Morgan fingerprint density at radius 1 is 1.08 bits per heavy atom. The summed E-state index contributed by atoms with van der Waals surface area (Å²) < 4.78 is 17.5. The molecule has 0 saturated carbocycles. The average Bonchev–Trinajstić information content (AvgIpc) is 3.14. The lowest BCUT2D eigenvalue weighted by molar-refractivity contribution is -0.148. The molecule has 1 heterocycles. The minimum absolute atomic E-state index is 0.221. The van der Waals surface area contributed by atoms with Gasteiger partial charge < -0.3 is 14.2 Å². The molecule has 0 aromatic heterocycles. The van der Waals surface area contributed by atoms with Gasteiger partial charge in [-0.1, -0.05) is 36.4 Å². The first-order valence-corrected chi connectivity index (χ1v) is 13.1. The number of carbonyl (C=O) groups excluding carboxylic acids is 3. The number of esters is 1. The van der Waals surface area contributed by atoms with Crippen molar-refractivity contribution in [3.63, 3.8) is 0 Å². The second-order valence-corrected chi connectivity index (χ2v) is 10.1. The Bertz CT molecular complexity index is 1370. The van der Waals surface area contributed by atoms with Gasteiger partial charge in [-0.25, -0.2) is 4.79 Å². The molecule has 1 atom stereocenters. The summed E-state index contributed by atoms with van der Waals surface area (Å²) in [6.07, 6.45) is 1.62. The van der Waals surface area contributed by atoms with Gasteiger partial charge >= 0.3 is 5.97 Å². The van der Waals surface area contributed by atoms with Gasteiger partial charge in [0.05, 0.1) is 22.2 Å². The summed E-state index contributed by atoms with van der Waals surface area (Å²) in [4.78, 5) is 38.2. The van der Waals surface area contributed by atoms with Crippen molar-refractivity contribution in [2.24, 2.45) is 0 Å². The van der Waals surface area contributed by atoms with Gasteiger partial charge in [-0.15, -0.1) is 0 Å².